The molecule has 2 nitrogen and oxygen atoms in total. The van der Waals surface area contributed by atoms with Crippen LogP contribution in [0.15, 0.2) is 39.2 Å². The van der Waals surface area contributed by atoms with Crippen molar-refractivity contribution in [2.45, 2.75) is 13.5 Å². The van der Waals surface area contributed by atoms with Crippen molar-refractivity contribution >= 4 is 44.2 Å². The minimum Gasteiger partial charge on any atom is -0.454 e. The van der Waals surface area contributed by atoms with Crippen LogP contribution in [-0.2, 0) is 6.54 Å². The lowest BCUT2D eigenvalue weighted by Crippen LogP contribution is -1.98. The van der Waals surface area contributed by atoms with Gasteiger partial charge >= 0.3 is 0 Å². The Morgan fingerprint density at radius 3 is 2.75 bits per heavy atom. The van der Waals surface area contributed by atoms with E-state index in [1.807, 2.05) is 24.3 Å². The molecule has 0 saturated carbocycles. The molecule has 0 saturated heterocycles. The first kappa shape index (κ1) is 12.0. The van der Waals surface area contributed by atoms with Crippen molar-refractivity contribution in [1.82, 2.24) is 0 Å². The molecular weight excluding hydrogens is 381 g/mol. The van der Waals surface area contributed by atoms with Gasteiger partial charge in [-0.3, -0.25) is 0 Å². The van der Waals surface area contributed by atoms with Gasteiger partial charge in [-0.15, -0.1) is 0 Å². The number of nitrogens with one attached hydrogen (secondary N) is 1. The van der Waals surface area contributed by atoms with Crippen LogP contribution in [-0.4, -0.2) is 0 Å². The van der Waals surface area contributed by atoms with Crippen LogP contribution in [0, 0.1) is 10.7 Å². The lowest BCUT2D eigenvalue weighted by molar-refractivity contribution is 0.493. The van der Waals surface area contributed by atoms with Crippen molar-refractivity contribution in [2.75, 3.05) is 5.32 Å². The second-order valence-corrected chi connectivity index (χ2v) is 5.44. The molecule has 0 spiro atoms. The third kappa shape index (κ3) is 3.01. The molecule has 1 aromatic heterocycles. The van der Waals surface area contributed by atoms with Gasteiger partial charge in [-0.1, -0.05) is 15.9 Å². The number of anilines is 1. The molecule has 0 aliphatic heterocycles. The smallest absolute Gasteiger partial charge is 0.164 e. The van der Waals surface area contributed by atoms with Crippen LogP contribution >= 0.6 is 38.5 Å². The maximum atomic E-state index is 5.47. The Hall–Kier alpha value is -0.490. The lowest BCUT2D eigenvalue weighted by Gasteiger charge is -2.06. The second kappa shape index (κ2) is 5.23. The Kier molecular flexibility index (Phi) is 3.91. The third-order valence-electron chi connectivity index (χ3n) is 2.25. The van der Waals surface area contributed by atoms with Gasteiger partial charge in [0, 0.05) is 10.2 Å². The zero-order chi connectivity index (χ0) is 11.5. The van der Waals surface area contributed by atoms with Gasteiger partial charge in [-0.05, 0) is 65.4 Å². The minimum absolute atomic E-state index is 0.712. The molecule has 0 fully saturated rings. The van der Waals surface area contributed by atoms with Gasteiger partial charge in [-0.25, -0.2) is 0 Å². The summed E-state index contributed by atoms with van der Waals surface area (Å²) in [5, 5.41) is 3.32. The molecule has 0 aliphatic rings. The summed E-state index contributed by atoms with van der Waals surface area (Å²) in [6.45, 7) is 2.79. The zero-order valence-corrected chi connectivity index (χ0v) is 12.5. The Morgan fingerprint density at radius 2 is 2.12 bits per heavy atom. The summed E-state index contributed by atoms with van der Waals surface area (Å²) in [6, 6.07) is 10.2. The van der Waals surface area contributed by atoms with Crippen molar-refractivity contribution < 1.29 is 4.42 Å². The SMILES string of the molecule is Cc1cc(NCc2ccc(I)o2)ccc1Br. The van der Waals surface area contributed by atoms with Gasteiger partial charge in [0.05, 0.1) is 6.54 Å². The average Bonchev–Trinajstić information content (AvgIpc) is 2.66. The number of hydrogen-bond donors (Lipinski definition) is 1. The van der Waals surface area contributed by atoms with E-state index in [0.717, 1.165) is 19.7 Å². The fourth-order valence-electron chi connectivity index (χ4n) is 1.39. The van der Waals surface area contributed by atoms with E-state index in [-0.39, 0.29) is 0 Å². The fraction of sp³-hybridized carbons (Fsp3) is 0.167. The first-order chi connectivity index (χ1) is 7.65. The highest BCUT2D eigenvalue weighted by Gasteiger charge is 2.00. The van der Waals surface area contributed by atoms with Gasteiger partial charge in [0.1, 0.15) is 5.76 Å². The van der Waals surface area contributed by atoms with Crippen LogP contribution in [0.4, 0.5) is 5.69 Å². The molecule has 1 N–H and O–H groups in total. The van der Waals surface area contributed by atoms with Crippen LogP contribution < -0.4 is 5.32 Å². The van der Waals surface area contributed by atoms with Crippen molar-refractivity contribution in [3.05, 3.63) is 49.9 Å². The van der Waals surface area contributed by atoms with Crippen molar-refractivity contribution in [3.8, 4) is 0 Å². The molecule has 0 atom stereocenters. The van der Waals surface area contributed by atoms with Crippen molar-refractivity contribution in [3.63, 3.8) is 0 Å². The van der Waals surface area contributed by atoms with Crippen LogP contribution in [0.5, 0.6) is 0 Å². The molecule has 0 bridgehead atoms. The first-order valence-electron chi connectivity index (χ1n) is 4.89. The number of aryl methyl sites for hydroxylation is 1. The summed E-state index contributed by atoms with van der Waals surface area (Å²) in [7, 11) is 0. The molecule has 16 heavy (non-hydrogen) atoms. The molecule has 84 valence electrons. The highest BCUT2D eigenvalue weighted by molar-refractivity contribution is 14.1. The number of furan rings is 1. The van der Waals surface area contributed by atoms with Crippen LogP contribution in [0.3, 0.4) is 0 Å². The predicted molar refractivity (Wildman–Crippen MR) is 77.6 cm³/mol. The first-order valence-corrected chi connectivity index (χ1v) is 6.76. The standard InChI is InChI=1S/C12H11BrINO/c1-8-6-9(2-4-11(8)13)15-7-10-3-5-12(14)16-10/h2-6,15H,7H2,1H3. The van der Waals surface area contributed by atoms with Gasteiger partial charge < -0.3 is 9.73 Å². The van der Waals surface area contributed by atoms with E-state index < -0.39 is 0 Å². The number of rotatable bonds is 3. The molecule has 1 aromatic carbocycles. The predicted octanol–water partition coefficient (Wildman–Crippen LogP) is 4.57. The summed E-state index contributed by atoms with van der Waals surface area (Å²) >= 11 is 5.65. The van der Waals surface area contributed by atoms with Gasteiger partial charge in [0.15, 0.2) is 3.77 Å². The second-order valence-electron chi connectivity index (χ2n) is 3.52. The van der Waals surface area contributed by atoms with Gasteiger partial charge in [-0.2, -0.15) is 0 Å². The van der Waals surface area contributed by atoms with E-state index >= 15 is 0 Å². The van der Waals surface area contributed by atoms with E-state index in [0.29, 0.717) is 6.54 Å². The normalized spacial score (nSPS) is 10.4. The van der Waals surface area contributed by atoms with Crippen LogP contribution in [0.25, 0.3) is 0 Å². The largest absolute Gasteiger partial charge is 0.454 e. The molecule has 0 radical (unpaired) electrons. The molecule has 4 heteroatoms. The molecule has 2 rings (SSSR count). The van der Waals surface area contributed by atoms with Gasteiger partial charge in [0.25, 0.3) is 0 Å². The zero-order valence-electron chi connectivity index (χ0n) is 8.76. The fourth-order valence-corrected chi connectivity index (χ4v) is 2.10. The lowest BCUT2D eigenvalue weighted by atomic mass is 10.2. The Morgan fingerprint density at radius 1 is 1.31 bits per heavy atom. The summed E-state index contributed by atoms with van der Waals surface area (Å²) in [5.74, 6) is 0.949. The van der Waals surface area contributed by atoms with Crippen molar-refractivity contribution in [1.29, 1.82) is 0 Å². The van der Waals surface area contributed by atoms with E-state index in [2.05, 4.69) is 56.8 Å². The van der Waals surface area contributed by atoms with Crippen LogP contribution in [0.2, 0.25) is 0 Å². The van der Waals surface area contributed by atoms with E-state index in [4.69, 9.17) is 4.42 Å². The number of hydrogen-bond acceptors (Lipinski definition) is 2. The minimum atomic E-state index is 0.712. The Bertz CT molecular complexity index is 496. The summed E-state index contributed by atoms with van der Waals surface area (Å²) in [6.07, 6.45) is 0. The van der Waals surface area contributed by atoms with E-state index in [1.54, 1.807) is 0 Å². The number of halogens is 2. The highest BCUT2D eigenvalue weighted by atomic mass is 127. The molecule has 1 heterocycles. The van der Waals surface area contributed by atoms with E-state index in [1.165, 1.54) is 5.56 Å². The molecule has 2 aromatic rings. The Labute approximate surface area is 117 Å². The number of benzene rings is 1. The topological polar surface area (TPSA) is 25.2 Å². The highest BCUT2D eigenvalue weighted by Crippen LogP contribution is 2.20. The van der Waals surface area contributed by atoms with E-state index in [9.17, 15) is 0 Å². The molecule has 0 unspecified atom stereocenters. The maximum absolute atomic E-state index is 5.47. The third-order valence-corrected chi connectivity index (χ3v) is 3.72. The van der Waals surface area contributed by atoms with Gasteiger partial charge in [0.2, 0.25) is 0 Å². The summed E-state index contributed by atoms with van der Waals surface area (Å²) in [5.41, 5.74) is 2.33. The molecule has 0 amide bonds. The van der Waals surface area contributed by atoms with Crippen molar-refractivity contribution in [2.24, 2.45) is 0 Å². The average molecular weight is 392 g/mol. The molecule has 0 aliphatic carbocycles. The maximum Gasteiger partial charge on any atom is 0.164 e. The van der Waals surface area contributed by atoms with Crippen LogP contribution in [0.1, 0.15) is 11.3 Å². The molecular formula is C12H11BrINO. The quantitative estimate of drug-likeness (QED) is 0.775. The summed E-state index contributed by atoms with van der Waals surface area (Å²) in [4.78, 5) is 0. The summed E-state index contributed by atoms with van der Waals surface area (Å²) < 4.78 is 7.52. The Balaban J connectivity index is 2.02. The monoisotopic (exact) mass is 391 g/mol.